The smallest absolute Gasteiger partial charge is 0.274 e. The summed E-state index contributed by atoms with van der Waals surface area (Å²) in [6.45, 7) is 4.29. The summed E-state index contributed by atoms with van der Waals surface area (Å²) in [7, 11) is 2.12. The van der Waals surface area contributed by atoms with Gasteiger partial charge in [-0.3, -0.25) is 9.69 Å². The molecule has 25 heavy (non-hydrogen) atoms. The van der Waals surface area contributed by atoms with Crippen LogP contribution < -0.4 is 0 Å². The van der Waals surface area contributed by atoms with Crippen molar-refractivity contribution in [3.8, 4) is 0 Å². The van der Waals surface area contributed by atoms with Crippen LogP contribution in [0.4, 0.5) is 0 Å². The van der Waals surface area contributed by atoms with E-state index < -0.39 is 0 Å². The number of benzene rings is 1. The highest BCUT2D eigenvalue weighted by Gasteiger charge is 2.29. The summed E-state index contributed by atoms with van der Waals surface area (Å²) in [5.41, 5.74) is 3.65. The third kappa shape index (κ3) is 2.91. The molecule has 4 rings (SSSR count). The Morgan fingerprint density at radius 3 is 2.64 bits per heavy atom. The van der Waals surface area contributed by atoms with E-state index >= 15 is 0 Å². The highest BCUT2D eigenvalue weighted by atomic mass is 16.2. The van der Waals surface area contributed by atoms with Gasteiger partial charge in [-0.1, -0.05) is 36.4 Å². The topological polar surface area (TPSA) is 40.9 Å². The van der Waals surface area contributed by atoms with Crippen LogP contribution in [0.25, 0.3) is 5.65 Å². The van der Waals surface area contributed by atoms with E-state index in [0.29, 0.717) is 12.2 Å². The molecule has 3 heterocycles. The van der Waals surface area contributed by atoms with Gasteiger partial charge in [-0.15, -0.1) is 0 Å². The van der Waals surface area contributed by atoms with Crippen molar-refractivity contribution >= 4 is 11.6 Å². The Hall–Kier alpha value is -2.66. The lowest BCUT2D eigenvalue weighted by Crippen LogP contribution is -2.49. The van der Waals surface area contributed by atoms with Crippen molar-refractivity contribution in [3.05, 3.63) is 71.7 Å². The lowest BCUT2D eigenvalue weighted by Gasteiger charge is -2.39. The molecule has 5 nitrogen and oxygen atoms in total. The molecule has 1 aliphatic heterocycles. The zero-order valence-corrected chi connectivity index (χ0v) is 14.6. The van der Waals surface area contributed by atoms with E-state index in [-0.39, 0.29) is 11.9 Å². The molecule has 1 fully saturated rings. The second kappa shape index (κ2) is 6.33. The zero-order valence-electron chi connectivity index (χ0n) is 14.6. The van der Waals surface area contributed by atoms with E-state index in [1.807, 2.05) is 46.7 Å². The number of rotatable bonds is 2. The Morgan fingerprint density at radius 1 is 1.08 bits per heavy atom. The Labute approximate surface area is 147 Å². The second-order valence-electron chi connectivity index (χ2n) is 6.68. The fourth-order valence-corrected chi connectivity index (χ4v) is 3.51. The number of hydrogen-bond acceptors (Lipinski definition) is 3. The van der Waals surface area contributed by atoms with Gasteiger partial charge in [0.25, 0.3) is 5.91 Å². The molecule has 128 valence electrons. The molecular formula is C20H22N4O. The maximum atomic E-state index is 13.0. The van der Waals surface area contributed by atoms with Crippen LogP contribution in [0.2, 0.25) is 0 Å². The Kier molecular flexibility index (Phi) is 4.01. The number of hydrogen-bond donors (Lipinski definition) is 0. The first kappa shape index (κ1) is 15.8. The normalized spacial score (nSPS) is 18.6. The maximum Gasteiger partial charge on any atom is 0.274 e. The molecule has 0 N–H and O–H groups in total. The van der Waals surface area contributed by atoms with Crippen molar-refractivity contribution in [2.24, 2.45) is 0 Å². The molecule has 0 saturated carbocycles. The van der Waals surface area contributed by atoms with Crippen LogP contribution in [0.3, 0.4) is 0 Å². The van der Waals surface area contributed by atoms with E-state index in [1.54, 1.807) is 0 Å². The van der Waals surface area contributed by atoms with Gasteiger partial charge in [-0.25, -0.2) is 4.98 Å². The number of carbonyl (C=O) groups is 1. The van der Waals surface area contributed by atoms with E-state index in [2.05, 4.69) is 41.2 Å². The van der Waals surface area contributed by atoms with Crippen LogP contribution >= 0.6 is 0 Å². The van der Waals surface area contributed by atoms with E-state index in [0.717, 1.165) is 24.4 Å². The van der Waals surface area contributed by atoms with Crippen molar-refractivity contribution in [2.75, 3.05) is 26.7 Å². The largest absolute Gasteiger partial charge is 0.334 e. The summed E-state index contributed by atoms with van der Waals surface area (Å²) < 4.78 is 1.97. The second-order valence-corrected chi connectivity index (χ2v) is 6.68. The third-order valence-electron chi connectivity index (χ3n) is 5.03. The molecule has 3 aromatic rings. The maximum absolute atomic E-state index is 13.0. The third-order valence-corrected chi connectivity index (χ3v) is 5.03. The lowest BCUT2D eigenvalue weighted by atomic mass is 10.0. The van der Waals surface area contributed by atoms with Gasteiger partial charge in [-0.2, -0.15) is 0 Å². The van der Waals surface area contributed by atoms with Gasteiger partial charge in [-0.05, 0) is 31.7 Å². The van der Waals surface area contributed by atoms with E-state index in [4.69, 9.17) is 0 Å². The first-order valence-electron chi connectivity index (χ1n) is 8.62. The Morgan fingerprint density at radius 2 is 1.88 bits per heavy atom. The summed E-state index contributed by atoms with van der Waals surface area (Å²) in [6.07, 6.45) is 1.85. The van der Waals surface area contributed by atoms with Crippen LogP contribution in [-0.4, -0.2) is 51.8 Å². The molecule has 1 amide bonds. The van der Waals surface area contributed by atoms with Crippen molar-refractivity contribution in [3.63, 3.8) is 0 Å². The van der Waals surface area contributed by atoms with Gasteiger partial charge >= 0.3 is 0 Å². The lowest BCUT2D eigenvalue weighted by molar-refractivity contribution is 0.0541. The number of piperazine rings is 1. The molecule has 0 aliphatic carbocycles. The highest BCUT2D eigenvalue weighted by Crippen LogP contribution is 2.24. The summed E-state index contributed by atoms with van der Waals surface area (Å²) in [5.74, 6) is 0.0112. The van der Waals surface area contributed by atoms with E-state index in [1.165, 1.54) is 5.56 Å². The number of pyridine rings is 1. The highest BCUT2D eigenvalue weighted by molar-refractivity contribution is 5.93. The average Bonchev–Trinajstić information content (AvgIpc) is 3.08. The van der Waals surface area contributed by atoms with Gasteiger partial charge < -0.3 is 9.30 Å². The minimum atomic E-state index is 0.0112. The van der Waals surface area contributed by atoms with Gasteiger partial charge in [0.05, 0.1) is 6.04 Å². The standard InChI is InChI=1S/C20H22N4O/c1-15-7-6-10-19-21-17(13-24(15)19)20(25)23-12-11-22(2)18(14-23)16-8-4-3-5-9-16/h3-10,13,18H,11-12,14H2,1-2H3/t18-/m1/s1. The minimum absolute atomic E-state index is 0.0112. The number of nitrogens with zero attached hydrogens (tertiary/aromatic N) is 4. The molecule has 0 radical (unpaired) electrons. The number of imidazole rings is 1. The van der Waals surface area contributed by atoms with Crippen LogP contribution in [-0.2, 0) is 0 Å². The minimum Gasteiger partial charge on any atom is -0.334 e. The quantitative estimate of drug-likeness (QED) is 0.724. The van der Waals surface area contributed by atoms with Crippen molar-refractivity contribution in [1.82, 2.24) is 19.2 Å². The van der Waals surface area contributed by atoms with Crippen molar-refractivity contribution in [1.29, 1.82) is 0 Å². The number of fused-ring (bicyclic) bond motifs is 1. The Bertz CT molecular complexity index is 902. The molecule has 0 bridgehead atoms. The average molecular weight is 334 g/mol. The van der Waals surface area contributed by atoms with E-state index in [9.17, 15) is 4.79 Å². The molecule has 0 spiro atoms. The summed E-state index contributed by atoms with van der Waals surface area (Å²) >= 11 is 0. The molecule has 1 aliphatic rings. The summed E-state index contributed by atoms with van der Waals surface area (Å²) in [6, 6.07) is 16.5. The number of likely N-dealkylation sites (N-methyl/N-ethyl adjacent to an activating group) is 1. The van der Waals surface area contributed by atoms with Gasteiger partial charge in [0.2, 0.25) is 0 Å². The molecule has 1 atom stereocenters. The van der Waals surface area contributed by atoms with Gasteiger partial charge in [0, 0.05) is 31.5 Å². The summed E-state index contributed by atoms with van der Waals surface area (Å²) in [4.78, 5) is 21.8. The fraction of sp³-hybridized carbons (Fsp3) is 0.300. The molecule has 0 unspecified atom stereocenters. The molecule has 5 heteroatoms. The first-order valence-corrected chi connectivity index (χ1v) is 8.62. The zero-order chi connectivity index (χ0) is 17.4. The molecule has 1 aromatic carbocycles. The van der Waals surface area contributed by atoms with Crippen molar-refractivity contribution in [2.45, 2.75) is 13.0 Å². The molecule has 1 saturated heterocycles. The predicted molar refractivity (Wildman–Crippen MR) is 97.6 cm³/mol. The summed E-state index contributed by atoms with van der Waals surface area (Å²) in [5, 5.41) is 0. The van der Waals surface area contributed by atoms with Crippen LogP contribution in [0.15, 0.2) is 54.7 Å². The number of carbonyl (C=O) groups excluding carboxylic acids is 1. The molecule has 2 aromatic heterocycles. The number of aryl methyl sites for hydroxylation is 1. The Balaban J connectivity index is 1.60. The predicted octanol–water partition coefficient (Wildman–Crippen LogP) is 2.77. The van der Waals surface area contributed by atoms with Crippen LogP contribution in [0.1, 0.15) is 27.8 Å². The van der Waals surface area contributed by atoms with Crippen LogP contribution in [0, 0.1) is 6.92 Å². The monoisotopic (exact) mass is 334 g/mol. The molecular weight excluding hydrogens is 312 g/mol. The first-order chi connectivity index (χ1) is 12.1. The van der Waals surface area contributed by atoms with Gasteiger partial charge in [0.1, 0.15) is 11.3 Å². The SMILES string of the molecule is Cc1cccc2nc(C(=O)N3CCN(C)[C@@H](c4ccccc4)C3)cn12. The van der Waals surface area contributed by atoms with Crippen molar-refractivity contribution < 1.29 is 4.79 Å². The van der Waals surface area contributed by atoms with Gasteiger partial charge in [0.15, 0.2) is 0 Å². The number of amides is 1. The fourth-order valence-electron chi connectivity index (χ4n) is 3.51. The van der Waals surface area contributed by atoms with Crippen LogP contribution in [0.5, 0.6) is 0 Å². The number of aromatic nitrogens is 2.